The molecule has 224 valence electrons. The first-order valence-corrected chi connectivity index (χ1v) is 17.0. The largest absolute Gasteiger partial charge is 0.381 e. The molecule has 0 spiro atoms. The van der Waals surface area contributed by atoms with Crippen molar-refractivity contribution in [2.75, 3.05) is 37.5 Å². The predicted molar refractivity (Wildman–Crippen MR) is 168 cm³/mol. The van der Waals surface area contributed by atoms with Crippen molar-refractivity contribution in [1.29, 1.82) is 0 Å². The molecule has 0 amide bonds. The number of rotatable bonds is 6. The van der Waals surface area contributed by atoms with Gasteiger partial charge in [0, 0.05) is 56.8 Å². The minimum Gasteiger partial charge on any atom is -0.381 e. The number of fused-ring (bicyclic) bond motifs is 3. The minimum atomic E-state index is -3.05. The number of anilines is 1. The molecule has 2 aliphatic rings. The van der Waals surface area contributed by atoms with Gasteiger partial charge in [-0.3, -0.25) is 4.98 Å². The van der Waals surface area contributed by atoms with E-state index < -0.39 is 9.84 Å². The van der Waals surface area contributed by atoms with Gasteiger partial charge in [0.2, 0.25) is 0 Å². The molecule has 2 saturated heterocycles. The number of pyridine rings is 2. The van der Waals surface area contributed by atoms with Crippen molar-refractivity contribution >= 4 is 37.7 Å². The zero-order chi connectivity index (χ0) is 29.7. The first-order chi connectivity index (χ1) is 20.8. The number of aromatic nitrogens is 6. The Labute approximate surface area is 251 Å². The van der Waals surface area contributed by atoms with Crippen molar-refractivity contribution in [2.45, 2.75) is 43.9 Å². The molecule has 0 radical (unpaired) electrons. The summed E-state index contributed by atoms with van der Waals surface area (Å²) in [7, 11) is -1.15. The molecule has 7 rings (SSSR count). The van der Waals surface area contributed by atoms with Crippen LogP contribution in [0, 0.1) is 12.8 Å². The van der Waals surface area contributed by atoms with Crippen LogP contribution < -0.4 is 4.90 Å². The van der Waals surface area contributed by atoms with Gasteiger partial charge >= 0.3 is 0 Å². The van der Waals surface area contributed by atoms with Crippen molar-refractivity contribution < 1.29 is 13.2 Å². The molecular weight excluding hydrogens is 562 g/mol. The maximum atomic E-state index is 12.2. The third kappa shape index (κ3) is 5.08. The molecule has 43 heavy (non-hydrogen) atoms. The van der Waals surface area contributed by atoms with Gasteiger partial charge in [-0.15, -0.1) is 5.10 Å². The number of nitrogens with zero attached hydrogens (tertiary/aromatic N) is 7. The lowest BCUT2D eigenvalue weighted by Crippen LogP contribution is -2.39. The van der Waals surface area contributed by atoms with Crippen LogP contribution in [0.25, 0.3) is 33.3 Å². The number of hydrogen-bond acceptors (Lipinski definition) is 8. The van der Waals surface area contributed by atoms with Crippen LogP contribution in [0.15, 0.2) is 54.7 Å². The molecule has 2 fully saturated rings. The minimum absolute atomic E-state index is 0.0339. The lowest BCUT2D eigenvalue weighted by molar-refractivity contribution is 0.0552. The summed E-state index contributed by atoms with van der Waals surface area (Å²) >= 11 is 0. The second kappa shape index (κ2) is 11.0. The van der Waals surface area contributed by atoms with Gasteiger partial charge in [-0.05, 0) is 62.3 Å². The summed E-state index contributed by atoms with van der Waals surface area (Å²) in [6.45, 7) is 4.77. The fourth-order valence-electron chi connectivity index (χ4n) is 7.04. The quantitative estimate of drug-likeness (QED) is 0.276. The van der Waals surface area contributed by atoms with Crippen LogP contribution in [0.3, 0.4) is 0 Å². The monoisotopic (exact) mass is 599 g/mol. The summed E-state index contributed by atoms with van der Waals surface area (Å²) in [4.78, 5) is 12.6. The molecule has 5 aromatic rings. The Morgan fingerprint density at radius 3 is 2.42 bits per heavy atom. The number of sulfone groups is 1. The number of benzene rings is 1. The Morgan fingerprint density at radius 2 is 1.74 bits per heavy atom. The van der Waals surface area contributed by atoms with Gasteiger partial charge in [0.25, 0.3) is 0 Å². The summed E-state index contributed by atoms with van der Waals surface area (Å²) in [5.41, 5.74) is 6.82. The SMILES string of the molecule is Cc1nnn(C)c1-c1cnc2c3ccc(N4CCC(S(C)(=O)=O)CC4)nc3n([C@H](c3ccccc3)C3CCOCC3)c2c1. The zero-order valence-corrected chi connectivity index (χ0v) is 25.7. The summed E-state index contributed by atoms with van der Waals surface area (Å²) in [6, 6.07) is 17.1. The van der Waals surface area contributed by atoms with Crippen LogP contribution in [-0.4, -0.2) is 75.8 Å². The van der Waals surface area contributed by atoms with Crippen LogP contribution in [0.2, 0.25) is 0 Å². The van der Waals surface area contributed by atoms with Gasteiger partial charge in [-0.25, -0.2) is 18.1 Å². The fourth-order valence-corrected chi connectivity index (χ4v) is 8.10. The summed E-state index contributed by atoms with van der Waals surface area (Å²) in [6.07, 6.45) is 6.39. The van der Waals surface area contributed by atoms with E-state index in [-0.39, 0.29) is 11.3 Å². The van der Waals surface area contributed by atoms with Gasteiger partial charge < -0.3 is 14.2 Å². The van der Waals surface area contributed by atoms with E-state index in [1.807, 2.05) is 20.2 Å². The maximum Gasteiger partial charge on any atom is 0.150 e. The molecule has 10 nitrogen and oxygen atoms in total. The van der Waals surface area contributed by atoms with E-state index in [2.05, 4.69) is 68.3 Å². The third-order valence-corrected chi connectivity index (χ3v) is 10.9. The van der Waals surface area contributed by atoms with E-state index in [1.165, 1.54) is 11.8 Å². The molecule has 0 saturated carbocycles. The summed E-state index contributed by atoms with van der Waals surface area (Å²) in [5.74, 6) is 1.23. The average Bonchev–Trinajstić information content (AvgIpc) is 3.53. The summed E-state index contributed by atoms with van der Waals surface area (Å²) in [5, 5.41) is 9.24. The smallest absolute Gasteiger partial charge is 0.150 e. The van der Waals surface area contributed by atoms with E-state index in [0.29, 0.717) is 31.8 Å². The first-order valence-electron chi connectivity index (χ1n) is 15.0. The van der Waals surface area contributed by atoms with Crippen LogP contribution in [0.5, 0.6) is 0 Å². The highest BCUT2D eigenvalue weighted by atomic mass is 32.2. The second-order valence-corrected chi connectivity index (χ2v) is 14.3. The highest BCUT2D eigenvalue weighted by Crippen LogP contribution is 2.41. The van der Waals surface area contributed by atoms with Crippen molar-refractivity contribution in [3.05, 3.63) is 66.0 Å². The molecule has 0 aliphatic carbocycles. The molecule has 6 heterocycles. The van der Waals surface area contributed by atoms with Crippen LogP contribution >= 0.6 is 0 Å². The van der Waals surface area contributed by atoms with E-state index in [0.717, 1.165) is 70.9 Å². The molecule has 0 N–H and O–H groups in total. The van der Waals surface area contributed by atoms with Crippen molar-refractivity contribution in [2.24, 2.45) is 13.0 Å². The normalized spacial score (nSPS) is 18.1. The van der Waals surface area contributed by atoms with Gasteiger partial charge in [-0.1, -0.05) is 35.5 Å². The number of piperidine rings is 1. The van der Waals surface area contributed by atoms with Gasteiger partial charge in [0.05, 0.1) is 33.7 Å². The standard InChI is InChI=1S/C32H37N7O3S/c1-21-30(37(2)36-35-21)24-19-27-29(33-20-24)26-9-10-28(38-15-11-25(12-16-38)43(3,40)41)34-32(26)39(27)31(22-7-5-4-6-8-22)23-13-17-42-18-14-23/h4-10,19-20,23,25,31H,11-18H2,1-3H3/t31-/m1/s1. The number of ether oxygens (including phenoxy) is 1. The molecule has 1 atom stereocenters. The van der Waals surface area contributed by atoms with Crippen molar-refractivity contribution in [3.8, 4) is 11.3 Å². The first kappa shape index (κ1) is 28.0. The Kier molecular flexibility index (Phi) is 7.17. The molecule has 4 aromatic heterocycles. The number of hydrogen-bond donors (Lipinski definition) is 0. The molecule has 2 aliphatic heterocycles. The van der Waals surface area contributed by atoms with Crippen LogP contribution in [0.1, 0.15) is 43.0 Å². The topological polar surface area (TPSA) is 108 Å². The van der Waals surface area contributed by atoms with Gasteiger partial charge in [0.15, 0.2) is 0 Å². The molecule has 0 bridgehead atoms. The molecule has 1 aromatic carbocycles. The van der Waals surface area contributed by atoms with E-state index >= 15 is 0 Å². The Bertz CT molecular complexity index is 1870. The Hall–Kier alpha value is -3.83. The molecular formula is C32H37N7O3S. The third-order valence-electron chi connectivity index (χ3n) is 9.24. The fraction of sp³-hybridized carbons (Fsp3) is 0.438. The zero-order valence-electron chi connectivity index (χ0n) is 24.8. The van der Waals surface area contributed by atoms with Crippen molar-refractivity contribution in [3.63, 3.8) is 0 Å². The van der Waals surface area contributed by atoms with Gasteiger partial charge in [0.1, 0.15) is 21.3 Å². The Morgan fingerprint density at radius 1 is 1.00 bits per heavy atom. The second-order valence-electron chi connectivity index (χ2n) is 12.0. The Balaban J connectivity index is 1.44. The number of aryl methyl sites for hydroxylation is 2. The van der Waals surface area contributed by atoms with Gasteiger partial charge in [-0.2, -0.15) is 0 Å². The lowest BCUT2D eigenvalue weighted by atomic mass is 9.86. The van der Waals surface area contributed by atoms with E-state index in [4.69, 9.17) is 14.7 Å². The predicted octanol–water partition coefficient (Wildman–Crippen LogP) is 4.72. The van der Waals surface area contributed by atoms with Crippen LogP contribution in [-0.2, 0) is 21.6 Å². The van der Waals surface area contributed by atoms with Crippen molar-refractivity contribution in [1.82, 2.24) is 29.5 Å². The molecule has 0 unspecified atom stereocenters. The summed E-state index contributed by atoms with van der Waals surface area (Å²) < 4.78 is 34.4. The molecule has 11 heteroatoms. The van der Waals surface area contributed by atoms with E-state index in [9.17, 15) is 8.42 Å². The average molecular weight is 600 g/mol. The highest BCUT2D eigenvalue weighted by Gasteiger charge is 2.32. The highest BCUT2D eigenvalue weighted by molar-refractivity contribution is 7.91. The van der Waals surface area contributed by atoms with E-state index in [1.54, 1.807) is 4.68 Å². The van der Waals surface area contributed by atoms with Crippen LogP contribution in [0.4, 0.5) is 5.82 Å². The maximum absolute atomic E-state index is 12.2. The lowest BCUT2D eigenvalue weighted by Gasteiger charge is -2.33.